The van der Waals surface area contributed by atoms with Crippen molar-refractivity contribution in [1.29, 1.82) is 0 Å². The second-order valence-electron chi connectivity index (χ2n) is 6.64. The van der Waals surface area contributed by atoms with Crippen LogP contribution in [0.4, 0.5) is 5.69 Å². The zero-order valence-electron chi connectivity index (χ0n) is 17.1. The predicted octanol–water partition coefficient (Wildman–Crippen LogP) is 4.35. The second kappa shape index (κ2) is 9.80. The molecule has 0 fully saturated rings. The van der Waals surface area contributed by atoms with Gasteiger partial charge in [0, 0.05) is 5.69 Å². The molecule has 4 rings (SSSR count). The number of nitrogens with one attached hydrogen (secondary N) is 1. The van der Waals surface area contributed by atoms with E-state index in [0.29, 0.717) is 38.9 Å². The van der Waals surface area contributed by atoms with Gasteiger partial charge in [0.15, 0.2) is 5.16 Å². The average Bonchev–Trinajstić information content (AvgIpc) is 3.28. The van der Waals surface area contributed by atoms with Gasteiger partial charge in [0.05, 0.1) is 29.0 Å². The number of amides is 1. The number of fused-ring (bicyclic) bond motifs is 1. The SMILES string of the molecule is CCOC(=O)c1ccc(NC(=O)CSc2nc3sccc3c(=O)n2-c2ccccc2)cc1. The number of hydrogen-bond donors (Lipinski definition) is 1. The van der Waals surface area contributed by atoms with Crippen molar-refractivity contribution in [2.45, 2.75) is 12.1 Å². The van der Waals surface area contributed by atoms with Crippen molar-refractivity contribution >= 4 is 50.9 Å². The number of nitrogens with zero attached hydrogens (tertiary/aromatic N) is 2. The summed E-state index contributed by atoms with van der Waals surface area (Å²) in [5.41, 5.74) is 1.50. The molecule has 9 heteroatoms. The summed E-state index contributed by atoms with van der Waals surface area (Å²) in [5.74, 6) is -0.593. The fraction of sp³-hybridized carbons (Fsp3) is 0.130. The number of carbonyl (C=O) groups is 2. The lowest BCUT2D eigenvalue weighted by molar-refractivity contribution is -0.113. The van der Waals surface area contributed by atoms with Crippen LogP contribution in [0.25, 0.3) is 15.9 Å². The smallest absolute Gasteiger partial charge is 0.338 e. The molecule has 0 radical (unpaired) electrons. The maximum absolute atomic E-state index is 13.1. The van der Waals surface area contributed by atoms with E-state index in [4.69, 9.17) is 4.74 Å². The Bertz CT molecular complexity index is 1310. The van der Waals surface area contributed by atoms with E-state index in [9.17, 15) is 14.4 Å². The number of hydrogen-bond acceptors (Lipinski definition) is 7. The van der Waals surface area contributed by atoms with Crippen LogP contribution in [-0.2, 0) is 9.53 Å². The van der Waals surface area contributed by atoms with Crippen LogP contribution in [0.5, 0.6) is 0 Å². The molecule has 0 aliphatic rings. The molecule has 0 saturated heterocycles. The molecule has 0 atom stereocenters. The van der Waals surface area contributed by atoms with E-state index in [1.165, 1.54) is 27.7 Å². The van der Waals surface area contributed by atoms with Crippen LogP contribution in [0.15, 0.2) is 76.0 Å². The molecule has 0 unspecified atom stereocenters. The van der Waals surface area contributed by atoms with Crippen molar-refractivity contribution < 1.29 is 14.3 Å². The Kier molecular flexibility index (Phi) is 6.67. The fourth-order valence-corrected chi connectivity index (χ4v) is 4.65. The molecule has 0 spiro atoms. The molecule has 32 heavy (non-hydrogen) atoms. The van der Waals surface area contributed by atoms with Crippen molar-refractivity contribution in [3.63, 3.8) is 0 Å². The van der Waals surface area contributed by atoms with Gasteiger partial charge in [-0.25, -0.2) is 9.78 Å². The highest BCUT2D eigenvalue weighted by Gasteiger charge is 2.16. The molecule has 7 nitrogen and oxygen atoms in total. The Balaban J connectivity index is 1.51. The van der Waals surface area contributed by atoms with E-state index in [1.807, 2.05) is 35.7 Å². The van der Waals surface area contributed by atoms with Gasteiger partial charge in [-0.3, -0.25) is 14.2 Å². The Morgan fingerprint density at radius 1 is 1.09 bits per heavy atom. The third-order valence-corrected chi connectivity index (χ3v) is 6.24. The van der Waals surface area contributed by atoms with Crippen molar-refractivity contribution in [2.24, 2.45) is 0 Å². The van der Waals surface area contributed by atoms with Crippen LogP contribution in [-0.4, -0.2) is 33.8 Å². The summed E-state index contributed by atoms with van der Waals surface area (Å²) < 4.78 is 6.48. The first-order valence-corrected chi connectivity index (χ1v) is 11.7. The van der Waals surface area contributed by atoms with E-state index >= 15 is 0 Å². The molecule has 2 aromatic carbocycles. The van der Waals surface area contributed by atoms with Gasteiger partial charge < -0.3 is 10.1 Å². The molecule has 0 saturated carbocycles. The molecule has 4 aromatic rings. The largest absolute Gasteiger partial charge is 0.462 e. The van der Waals surface area contributed by atoms with E-state index in [-0.39, 0.29) is 17.2 Å². The summed E-state index contributed by atoms with van der Waals surface area (Å²) in [6.07, 6.45) is 0. The van der Waals surface area contributed by atoms with Crippen LogP contribution >= 0.6 is 23.1 Å². The van der Waals surface area contributed by atoms with E-state index < -0.39 is 5.97 Å². The number of rotatable bonds is 7. The van der Waals surface area contributed by atoms with Gasteiger partial charge in [-0.05, 0) is 54.8 Å². The maximum atomic E-state index is 13.1. The summed E-state index contributed by atoms with van der Waals surface area (Å²) in [5, 5.41) is 5.62. The maximum Gasteiger partial charge on any atom is 0.338 e. The van der Waals surface area contributed by atoms with E-state index in [1.54, 1.807) is 37.3 Å². The second-order valence-corrected chi connectivity index (χ2v) is 8.48. The van der Waals surface area contributed by atoms with E-state index in [0.717, 1.165) is 0 Å². The normalized spacial score (nSPS) is 10.8. The molecule has 1 N–H and O–H groups in total. The van der Waals surface area contributed by atoms with E-state index in [2.05, 4.69) is 10.3 Å². The Morgan fingerprint density at radius 2 is 1.84 bits per heavy atom. The summed E-state index contributed by atoms with van der Waals surface area (Å²) in [6.45, 7) is 2.04. The predicted molar refractivity (Wildman–Crippen MR) is 127 cm³/mol. The van der Waals surface area contributed by atoms with Gasteiger partial charge >= 0.3 is 5.97 Å². The van der Waals surface area contributed by atoms with Crippen LogP contribution in [0.2, 0.25) is 0 Å². The van der Waals surface area contributed by atoms with Crippen molar-refractivity contribution in [3.8, 4) is 5.69 Å². The number of carbonyl (C=O) groups excluding carboxylic acids is 2. The lowest BCUT2D eigenvalue weighted by Gasteiger charge is -2.12. The van der Waals surface area contributed by atoms with Crippen LogP contribution < -0.4 is 10.9 Å². The minimum Gasteiger partial charge on any atom is -0.462 e. The Hall–Kier alpha value is -3.43. The van der Waals surface area contributed by atoms with Gasteiger partial charge in [-0.15, -0.1) is 11.3 Å². The van der Waals surface area contributed by atoms with Crippen LogP contribution in [0.1, 0.15) is 17.3 Å². The summed E-state index contributed by atoms with van der Waals surface area (Å²) in [4.78, 5) is 42.6. The van der Waals surface area contributed by atoms with Gasteiger partial charge in [0.25, 0.3) is 5.56 Å². The lowest BCUT2D eigenvalue weighted by Crippen LogP contribution is -2.22. The first-order valence-electron chi connectivity index (χ1n) is 9.82. The molecule has 0 aliphatic heterocycles. The number of thioether (sulfide) groups is 1. The van der Waals surface area contributed by atoms with Gasteiger partial charge in [0.2, 0.25) is 5.91 Å². The van der Waals surface area contributed by atoms with Gasteiger partial charge in [-0.2, -0.15) is 0 Å². The number of esters is 1. The number of anilines is 1. The molecular weight excluding hydrogens is 446 g/mol. The topological polar surface area (TPSA) is 90.3 Å². The number of benzene rings is 2. The standard InChI is InChI=1S/C23H19N3O4S2/c1-2-30-22(29)15-8-10-16(11-9-15)24-19(27)14-32-23-25-20-18(12-13-31-20)21(28)26(23)17-6-4-3-5-7-17/h3-13H,2,14H2,1H3,(H,24,27). The highest BCUT2D eigenvalue weighted by molar-refractivity contribution is 7.99. The first-order chi connectivity index (χ1) is 15.6. The Labute approximate surface area is 192 Å². The molecule has 0 aliphatic carbocycles. The monoisotopic (exact) mass is 465 g/mol. The minimum absolute atomic E-state index is 0.0653. The van der Waals surface area contributed by atoms with Crippen LogP contribution in [0.3, 0.4) is 0 Å². The fourth-order valence-electron chi connectivity index (χ4n) is 3.03. The minimum atomic E-state index is -0.408. The molecule has 162 valence electrons. The Morgan fingerprint density at radius 3 is 2.56 bits per heavy atom. The summed E-state index contributed by atoms with van der Waals surface area (Å²) in [7, 11) is 0. The summed E-state index contributed by atoms with van der Waals surface area (Å²) in [6, 6.07) is 17.5. The van der Waals surface area contributed by atoms with Crippen LogP contribution in [0, 0.1) is 0 Å². The number of para-hydroxylation sites is 1. The zero-order valence-corrected chi connectivity index (χ0v) is 18.7. The summed E-state index contributed by atoms with van der Waals surface area (Å²) >= 11 is 2.58. The lowest BCUT2D eigenvalue weighted by atomic mass is 10.2. The molecule has 2 aromatic heterocycles. The molecular formula is C23H19N3O4S2. The molecule has 2 heterocycles. The molecule has 1 amide bonds. The van der Waals surface area contributed by atoms with Crippen molar-refractivity contribution in [2.75, 3.05) is 17.7 Å². The average molecular weight is 466 g/mol. The number of aromatic nitrogens is 2. The van der Waals surface area contributed by atoms with Crippen molar-refractivity contribution in [3.05, 3.63) is 82.0 Å². The highest BCUT2D eigenvalue weighted by Crippen LogP contribution is 2.24. The van der Waals surface area contributed by atoms with Gasteiger partial charge in [-0.1, -0.05) is 30.0 Å². The number of ether oxygens (including phenoxy) is 1. The third-order valence-electron chi connectivity index (χ3n) is 4.49. The first kappa shape index (κ1) is 21.8. The van der Waals surface area contributed by atoms with Crippen molar-refractivity contribution in [1.82, 2.24) is 9.55 Å². The van der Waals surface area contributed by atoms with Gasteiger partial charge in [0.1, 0.15) is 4.83 Å². The molecule has 0 bridgehead atoms. The zero-order chi connectivity index (χ0) is 22.5. The number of thiophene rings is 1. The quantitative estimate of drug-likeness (QED) is 0.248. The third kappa shape index (κ3) is 4.74. The highest BCUT2D eigenvalue weighted by atomic mass is 32.2.